The number of nitrogens with zero attached hydrogens (tertiary/aromatic N) is 1. The van der Waals surface area contributed by atoms with Crippen LogP contribution in [0.5, 0.6) is 5.75 Å². The van der Waals surface area contributed by atoms with Gasteiger partial charge in [0.1, 0.15) is 11.5 Å². The Morgan fingerprint density at radius 2 is 2.21 bits per heavy atom. The summed E-state index contributed by atoms with van der Waals surface area (Å²) in [5.74, 6) is 1.17. The summed E-state index contributed by atoms with van der Waals surface area (Å²) in [4.78, 5) is 4.01. The molecular formula is C10H8ClNO2. The second kappa shape index (κ2) is 3.35. The van der Waals surface area contributed by atoms with E-state index in [2.05, 4.69) is 4.98 Å². The van der Waals surface area contributed by atoms with Crippen molar-refractivity contribution in [3.8, 4) is 17.2 Å². The number of rotatable bonds is 1. The van der Waals surface area contributed by atoms with Gasteiger partial charge in [0.2, 0.25) is 5.89 Å². The Morgan fingerprint density at radius 1 is 1.43 bits per heavy atom. The largest absolute Gasteiger partial charge is 0.507 e. The van der Waals surface area contributed by atoms with Crippen LogP contribution in [0.1, 0.15) is 5.76 Å². The number of aromatic hydroxyl groups is 1. The highest BCUT2D eigenvalue weighted by Crippen LogP contribution is 2.30. The Bertz CT molecular complexity index is 465. The summed E-state index contributed by atoms with van der Waals surface area (Å²) in [5.41, 5.74) is 0.544. The smallest absolute Gasteiger partial charge is 0.229 e. The van der Waals surface area contributed by atoms with Crippen LogP contribution in [0.25, 0.3) is 11.5 Å². The van der Waals surface area contributed by atoms with Crippen molar-refractivity contribution in [2.45, 2.75) is 6.92 Å². The molecule has 1 heterocycles. The van der Waals surface area contributed by atoms with E-state index in [1.165, 1.54) is 6.07 Å². The van der Waals surface area contributed by atoms with Crippen molar-refractivity contribution in [2.75, 3.05) is 0 Å². The lowest BCUT2D eigenvalue weighted by Gasteiger charge is -1.99. The standard InChI is InChI=1S/C10H8ClNO2/c1-6-5-12-10(14-6)8-3-2-7(11)4-9(8)13/h2-5,13H,1H3. The average Bonchev–Trinajstić information content (AvgIpc) is 2.51. The van der Waals surface area contributed by atoms with Crippen molar-refractivity contribution >= 4 is 11.6 Å². The minimum absolute atomic E-state index is 0.0688. The van der Waals surface area contributed by atoms with Crippen molar-refractivity contribution in [3.05, 3.63) is 35.2 Å². The maximum atomic E-state index is 9.57. The normalized spacial score (nSPS) is 10.4. The van der Waals surface area contributed by atoms with Gasteiger partial charge in [0, 0.05) is 5.02 Å². The number of benzene rings is 1. The summed E-state index contributed by atoms with van der Waals surface area (Å²) in [5, 5.41) is 10.1. The highest BCUT2D eigenvalue weighted by molar-refractivity contribution is 6.30. The van der Waals surface area contributed by atoms with E-state index >= 15 is 0 Å². The zero-order valence-corrected chi connectivity index (χ0v) is 8.25. The van der Waals surface area contributed by atoms with Crippen molar-refractivity contribution < 1.29 is 9.52 Å². The van der Waals surface area contributed by atoms with Gasteiger partial charge in [-0.05, 0) is 25.1 Å². The van der Waals surface area contributed by atoms with E-state index in [9.17, 15) is 5.11 Å². The minimum atomic E-state index is 0.0688. The molecule has 0 aliphatic rings. The Balaban J connectivity index is 2.52. The molecule has 0 radical (unpaired) electrons. The first-order chi connectivity index (χ1) is 6.66. The lowest BCUT2D eigenvalue weighted by Crippen LogP contribution is -1.78. The van der Waals surface area contributed by atoms with Crippen LogP contribution in [0.15, 0.2) is 28.8 Å². The predicted octanol–water partition coefficient (Wildman–Crippen LogP) is 3.01. The molecule has 0 fully saturated rings. The maximum absolute atomic E-state index is 9.57. The fourth-order valence-corrected chi connectivity index (χ4v) is 1.33. The number of phenolic OH excluding ortho intramolecular Hbond substituents is 1. The van der Waals surface area contributed by atoms with Gasteiger partial charge in [0.25, 0.3) is 0 Å². The van der Waals surface area contributed by atoms with Crippen molar-refractivity contribution in [3.63, 3.8) is 0 Å². The second-order valence-corrected chi connectivity index (χ2v) is 3.37. The third-order valence-corrected chi connectivity index (χ3v) is 2.05. The van der Waals surface area contributed by atoms with E-state index in [0.717, 1.165) is 0 Å². The zero-order valence-electron chi connectivity index (χ0n) is 7.49. The van der Waals surface area contributed by atoms with Crippen LogP contribution in [0.2, 0.25) is 5.02 Å². The Morgan fingerprint density at radius 3 is 2.79 bits per heavy atom. The molecule has 0 amide bonds. The molecule has 1 aromatic heterocycles. The van der Waals surface area contributed by atoms with E-state index in [0.29, 0.717) is 22.2 Å². The molecule has 0 atom stereocenters. The summed E-state index contributed by atoms with van der Waals surface area (Å²) in [7, 11) is 0. The first-order valence-corrected chi connectivity index (χ1v) is 4.46. The number of hydrogen-bond donors (Lipinski definition) is 1. The molecule has 3 nitrogen and oxygen atoms in total. The second-order valence-electron chi connectivity index (χ2n) is 2.94. The molecule has 1 aromatic carbocycles. The van der Waals surface area contributed by atoms with E-state index in [1.807, 2.05) is 0 Å². The van der Waals surface area contributed by atoms with E-state index in [4.69, 9.17) is 16.0 Å². The molecule has 72 valence electrons. The zero-order chi connectivity index (χ0) is 10.1. The van der Waals surface area contributed by atoms with Crippen LogP contribution in [0.3, 0.4) is 0 Å². The molecular weight excluding hydrogens is 202 g/mol. The van der Waals surface area contributed by atoms with Gasteiger partial charge in [0.15, 0.2) is 0 Å². The van der Waals surface area contributed by atoms with E-state index in [-0.39, 0.29) is 5.75 Å². The molecule has 0 unspecified atom stereocenters. The van der Waals surface area contributed by atoms with Crippen LogP contribution in [-0.4, -0.2) is 10.1 Å². The Hall–Kier alpha value is -1.48. The van der Waals surface area contributed by atoms with E-state index < -0.39 is 0 Å². The minimum Gasteiger partial charge on any atom is -0.507 e. The molecule has 0 aliphatic carbocycles. The van der Waals surface area contributed by atoms with Crippen LogP contribution in [0.4, 0.5) is 0 Å². The van der Waals surface area contributed by atoms with Crippen molar-refractivity contribution in [1.29, 1.82) is 0 Å². The van der Waals surface area contributed by atoms with E-state index in [1.54, 1.807) is 25.3 Å². The lowest BCUT2D eigenvalue weighted by atomic mass is 10.2. The topological polar surface area (TPSA) is 46.3 Å². The van der Waals surface area contributed by atoms with Gasteiger partial charge in [-0.15, -0.1) is 0 Å². The summed E-state index contributed by atoms with van der Waals surface area (Å²) >= 11 is 5.70. The summed E-state index contributed by atoms with van der Waals surface area (Å²) < 4.78 is 5.28. The van der Waals surface area contributed by atoms with Gasteiger partial charge in [-0.25, -0.2) is 4.98 Å². The number of phenols is 1. The highest BCUT2D eigenvalue weighted by atomic mass is 35.5. The summed E-state index contributed by atoms with van der Waals surface area (Å²) in [6.07, 6.45) is 1.60. The Labute approximate surface area is 86.0 Å². The van der Waals surface area contributed by atoms with Gasteiger partial charge < -0.3 is 9.52 Å². The molecule has 0 spiro atoms. The van der Waals surface area contributed by atoms with Crippen LogP contribution in [0, 0.1) is 6.92 Å². The average molecular weight is 210 g/mol. The molecule has 14 heavy (non-hydrogen) atoms. The first kappa shape index (κ1) is 9.09. The molecule has 0 bridgehead atoms. The number of halogens is 1. The molecule has 0 saturated heterocycles. The first-order valence-electron chi connectivity index (χ1n) is 4.08. The Kier molecular flexibility index (Phi) is 2.17. The van der Waals surface area contributed by atoms with Gasteiger partial charge in [0.05, 0.1) is 11.8 Å². The van der Waals surface area contributed by atoms with Gasteiger partial charge in [-0.3, -0.25) is 0 Å². The van der Waals surface area contributed by atoms with Crippen LogP contribution < -0.4 is 0 Å². The molecule has 2 rings (SSSR count). The number of aromatic nitrogens is 1. The number of hydrogen-bond acceptors (Lipinski definition) is 3. The maximum Gasteiger partial charge on any atom is 0.229 e. The molecule has 0 saturated carbocycles. The molecule has 2 aromatic rings. The lowest BCUT2D eigenvalue weighted by molar-refractivity contribution is 0.471. The van der Waals surface area contributed by atoms with Crippen LogP contribution >= 0.6 is 11.6 Å². The monoisotopic (exact) mass is 209 g/mol. The highest BCUT2D eigenvalue weighted by Gasteiger charge is 2.09. The fourth-order valence-electron chi connectivity index (χ4n) is 1.16. The van der Waals surface area contributed by atoms with Gasteiger partial charge >= 0.3 is 0 Å². The predicted molar refractivity (Wildman–Crippen MR) is 53.4 cm³/mol. The molecule has 4 heteroatoms. The molecule has 0 aliphatic heterocycles. The van der Waals surface area contributed by atoms with Gasteiger partial charge in [-0.1, -0.05) is 11.6 Å². The van der Waals surface area contributed by atoms with Gasteiger partial charge in [-0.2, -0.15) is 0 Å². The van der Waals surface area contributed by atoms with Crippen molar-refractivity contribution in [1.82, 2.24) is 4.98 Å². The third-order valence-electron chi connectivity index (χ3n) is 1.81. The third kappa shape index (κ3) is 1.59. The number of oxazole rings is 1. The fraction of sp³-hybridized carbons (Fsp3) is 0.100. The quantitative estimate of drug-likeness (QED) is 0.785. The SMILES string of the molecule is Cc1cnc(-c2ccc(Cl)cc2O)o1. The van der Waals surface area contributed by atoms with Crippen molar-refractivity contribution in [2.24, 2.45) is 0 Å². The van der Waals surface area contributed by atoms with Crippen LogP contribution in [-0.2, 0) is 0 Å². The number of aryl methyl sites for hydroxylation is 1. The summed E-state index contributed by atoms with van der Waals surface area (Å²) in [6.45, 7) is 1.80. The summed E-state index contributed by atoms with van der Waals surface area (Å²) in [6, 6.07) is 4.80. The molecule has 1 N–H and O–H groups in total.